The van der Waals surface area contributed by atoms with Crippen LogP contribution in [-0.2, 0) is 22.7 Å². The maximum absolute atomic E-state index is 10.6. The van der Waals surface area contributed by atoms with E-state index in [2.05, 4.69) is 5.16 Å². The molecule has 23 heavy (non-hydrogen) atoms. The van der Waals surface area contributed by atoms with Gasteiger partial charge in [0.15, 0.2) is 0 Å². The number of carboxylic acid groups (broad SMARTS) is 1. The zero-order valence-electron chi connectivity index (χ0n) is 12.2. The number of aliphatic carboxylic acids is 1. The number of nitrogens with zero attached hydrogens (tertiary/aromatic N) is 1. The molecule has 0 radical (unpaired) electrons. The van der Waals surface area contributed by atoms with Crippen LogP contribution in [0.5, 0.6) is 0 Å². The summed E-state index contributed by atoms with van der Waals surface area (Å²) >= 11 is 12.1. The second-order valence-electron chi connectivity index (χ2n) is 4.85. The van der Waals surface area contributed by atoms with Gasteiger partial charge in [0, 0.05) is 22.0 Å². The summed E-state index contributed by atoms with van der Waals surface area (Å²) in [6.45, 7) is 0.174. The fraction of sp³-hybridized carbons (Fsp3) is 0.176. The van der Waals surface area contributed by atoms with Crippen LogP contribution in [0.1, 0.15) is 23.1 Å². The third-order valence-electron chi connectivity index (χ3n) is 3.13. The standard InChI is InChI=1S/C17H15Cl2NO3/c18-15-5-2-6-16(19)14(15)11-23-20-10-13-4-1-3-12(9-13)7-8-17(21)22/h1-6,9-10H,7-8,11H2,(H,21,22). The summed E-state index contributed by atoms with van der Waals surface area (Å²) < 4.78 is 0. The topological polar surface area (TPSA) is 58.9 Å². The number of aryl methyl sites for hydroxylation is 1. The number of halogens is 2. The fourth-order valence-electron chi connectivity index (χ4n) is 1.95. The summed E-state index contributed by atoms with van der Waals surface area (Å²) in [7, 11) is 0. The Morgan fingerprint density at radius 1 is 1.17 bits per heavy atom. The highest BCUT2D eigenvalue weighted by atomic mass is 35.5. The lowest BCUT2D eigenvalue weighted by molar-refractivity contribution is -0.136. The normalized spacial score (nSPS) is 10.9. The summed E-state index contributed by atoms with van der Waals surface area (Å²) in [4.78, 5) is 15.8. The van der Waals surface area contributed by atoms with Crippen molar-refractivity contribution in [3.05, 3.63) is 69.2 Å². The smallest absolute Gasteiger partial charge is 0.303 e. The van der Waals surface area contributed by atoms with Gasteiger partial charge in [-0.05, 0) is 29.7 Å². The van der Waals surface area contributed by atoms with Gasteiger partial charge in [-0.15, -0.1) is 0 Å². The van der Waals surface area contributed by atoms with Crippen molar-refractivity contribution in [2.75, 3.05) is 0 Å². The Labute approximate surface area is 144 Å². The van der Waals surface area contributed by atoms with E-state index >= 15 is 0 Å². The zero-order chi connectivity index (χ0) is 16.7. The Hall–Kier alpha value is -2.04. The van der Waals surface area contributed by atoms with Crippen molar-refractivity contribution in [2.24, 2.45) is 5.16 Å². The lowest BCUT2D eigenvalue weighted by atomic mass is 10.1. The van der Waals surface area contributed by atoms with Gasteiger partial charge in [0.25, 0.3) is 0 Å². The molecule has 0 spiro atoms. The number of oxime groups is 1. The van der Waals surface area contributed by atoms with Gasteiger partial charge < -0.3 is 9.94 Å². The van der Waals surface area contributed by atoms with Crippen LogP contribution in [-0.4, -0.2) is 17.3 Å². The second kappa shape index (κ2) is 8.56. The predicted octanol–water partition coefficient (Wildman–Crippen LogP) is 4.56. The van der Waals surface area contributed by atoms with Crippen LogP contribution in [0.2, 0.25) is 10.0 Å². The maximum Gasteiger partial charge on any atom is 0.303 e. The average Bonchev–Trinajstić information content (AvgIpc) is 2.52. The molecule has 0 saturated carbocycles. The van der Waals surface area contributed by atoms with Crippen molar-refractivity contribution in [1.29, 1.82) is 0 Å². The minimum Gasteiger partial charge on any atom is -0.481 e. The Morgan fingerprint density at radius 2 is 1.87 bits per heavy atom. The molecule has 0 aliphatic carbocycles. The van der Waals surface area contributed by atoms with E-state index in [1.807, 2.05) is 24.3 Å². The van der Waals surface area contributed by atoms with Gasteiger partial charge in [-0.1, -0.05) is 58.7 Å². The zero-order valence-corrected chi connectivity index (χ0v) is 13.7. The third-order valence-corrected chi connectivity index (χ3v) is 3.83. The minimum absolute atomic E-state index is 0.0993. The van der Waals surface area contributed by atoms with Crippen molar-refractivity contribution in [2.45, 2.75) is 19.4 Å². The molecule has 2 aromatic carbocycles. The first kappa shape index (κ1) is 17.3. The van der Waals surface area contributed by atoms with E-state index in [-0.39, 0.29) is 13.0 Å². The molecule has 0 bridgehead atoms. The number of carboxylic acids is 1. The number of hydrogen-bond donors (Lipinski definition) is 1. The highest BCUT2D eigenvalue weighted by Gasteiger charge is 2.05. The van der Waals surface area contributed by atoms with Crippen LogP contribution in [0.25, 0.3) is 0 Å². The first-order chi connectivity index (χ1) is 11.1. The molecule has 120 valence electrons. The van der Waals surface area contributed by atoms with E-state index in [9.17, 15) is 4.79 Å². The molecular formula is C17H15Cl2NO3. The van der Waals surface area contributed by atoms with Crippen molar-refractivity contribution < 1.29 is 14.7 Å². The summed E-state index contributed by atoms with van der Waals surface area (Å²) in [6.07, 6.45) is 2.14. The monoisotopic (exact) mass is 351 g/mol. The summed E-state index contributed by atoms with van der Waals surface area (Å²) in [5, 5.41) is 13.7. The molecule has 0 aromatic heterocycles. The first-order valence-electron chi connectivity index (χ1n) is 6.95. The van der Waals surface area contributed by atoms with Crippen LogP contribution < -0.4 is 0 Å². The lowest BCUT2D eigenvalue weighted by Crippen LogP contribution is -1.98. The van der Waals surface area contributed by atoms with Crippen molar-refractivity contribution in [3.63, 3.8) is 0 Å². The molecule has 1 N–H and O–H groups in total. The molecule has 6 heteroatoms. The van der Waals surface area contributed by atoms with Gasteiger partial charge >= 0.3 is 5.97 Å². The van der Waals surface area contributed by atoms with Crippen LogP contribution in [0, 0.1) is 0 Å². The Bertz CT molecular complexity index is 696. The second-order valence-corrected chi connectivity index (χ2v) is 5.66. The third kappa shape index (κ3) is 5.58. The van der Waals surface area contributed by atoms with Crippen molar-refractivity contribution in [1.82, 2.24) is 0 Å². The predicted molar refractivity (Wildman–Crippen MR) is 91.2 cm³/mol. The average molecular weight is 352 g/mol. The van der Waals surface area contributed by atoms with E-state index in [0.717, 1.165) is 11.1 Å². The van der Waals surface area contributed by atoms with Gasteiger partial charge in [0.2, 0.25) is 0 Å². The largest absolute Gasteiger partial charge is 0.481 e. The minimum atomic E-state index is -0.816. The molecule has 4 nitrogen and oxygen atoms in total. The molecule has 0 heterocycles. The first-order valence-corrected chi connectivity index (χ1v) is 7.71. The molecule has 0 aliphatic heterocycles. The van der Waals surface area contributed by atoms with Crippen LogP contribution in [0.15, 0.2) is 47.6 Å². The highest BCUT2D eigenvalue weighted by Crippen LogP contribution is 2.24. The van der Waals surface area contributed by atoms with E-state index in [1.165, 1.54) is 0 Å². The molecule has 0 unspecified atom stereocenters. The molecular weight excluding hydrogens is 337 g/mol. The van der Waals surface area contributed by atoms with E-state index < -0.39 is 5.97 Å². The highest BCUT2D eigenvalue weighted by molar-refractivity contribution is 6.35. The molecule has 0 fully saturated rings. The molecule has 0 aliphatic rings. The maximum atomic E-state index is 10.6. The van der Waals surface area contributed by atoms with Crippen molar-refractivity contribution in [3.8, 4) is 0 Å². The number of hydrogen-bond acceptors (Lipinski definition) is 3. The SMILES string of the molecule is O=C(O)CCc1cccc(C=NOCc2c(Cl)cccc2Cl)c1. The van der Waals surface area contributed by atoms with Gasteiger partial charge in [-0.3, -0.25) is 4.79 Å². The molecule has 0 atom stereocenters. The van der Waals surface area contributed by atoms with E-state index in [0.29, 0.717) is 22.0 Å². The van der Waals surface area contributed by atoms with Crippen LogP contribution >= 0.6 is 23.2 Å². The van der Waals surface area contributed by atoms with Gasteiger partial charge in [0.05, 0.1) is 6.21 Å². The Morgan fingerprint density at radius 3 is 2.57 bits per heavy atom. The lowest BCUT2D eigenvalue weighted by Gasteiger charge is -2.05. The van der Waals surface area contributed by atoms with Gasteiger partial charge in [-0.2, -0.15) is 0 Å². The summed E-state index contributed by atoms with van der Waals surface area (Å²) in [5.74, 6) is -0.816. The quantitative estimate of drug-likeness (QED) is 0.587. The Kier molecular flexibility index (Phi) is 6.44. The summed E-state index contributed by atoms with van der Waals surface area (Å²) in [6, 6.07) is 12.7. The number of benzene rings is 2. The fourth-order valence-corrected chi connectivity index (χ4v) is 2.46. The summed E-state index contributed by atoms with van der Waals surface area (Å²) in [5.41, 5.74) is 2.45. The van der Waals surface area contributed by atoms with Crippen LogP contribution in [0.3, 0.4) is 0 Å². The van der Waals surface area contributed by atoms with Gasteiger partial charge in [0.1, 0.15) is 6.61 Å². The van der Waals surface area contributed by atoms with Crippen LogP contribution in [0.4, 0.5) is 0 Å². The Balaban J connectivity index is 1.93. The molecule has 0 amide bonds. The van der Waals surface area contributed by atoms with Gasteiger partial charge in [-0.25, -0.2) is 0 Å². The molecule has 2 rings (SSSR count). The molecule has 2 aromatic rings. The molecule has 0 saturated heterocycles. The van der Waals surface area contributed by atoms with Crippen molar-refractivity contribution >= 4 is 35.4 Å². The van der Waals surface area contributed by atoms with E-state index in [4.69, 9.17) is 33.1 Å². The number of rotatable bonds is 7. The van der Waals surface area contributed by atoms with E-state index in [1.54, 1.807) is 24.4 Å². The number of carbonyl (C=O) groups is 1.